The third-order valence-corrected chi connectivity index (χ3v) is 2.27. The third-order valence-electron chi connectivity index (χ3n) is 2.27. The Kier molecular flexibility index (Phi) is 5.49. The Morgan fingerprint density at radius 3 is 2.93 bits per heavy atom. The molecule has 3 heteroatoms. The molecular formula is C11H18O3. The minimum absolute atomic E-state index is 0.0619. The molecule has 1 aliphatic rings. The monoisotopic (exact) mass is 198 g/mol. The van der Waals surface area contributed by atoms with E-state index in [1.165, 1.54) is 0 Å². The molecule has 1 aliphatic heterocycles. The highest BCUT2D eigenvalue weighted by Gasteiger charge is 2.18. The molecule has 3 nitrogen and oxygen atoms in total. The molecule has 2 atom stereocenters. The van der Waals surface area contributed by atoms with Crippen LogP contribution in [-0.2, 0) is 14.3 Å². The van der Waals surface area contributed by atoms with Gasteiger partial charge in [0.2, 0.25) is 0 Å². The number of carbonyl (C=O) groups excluding carboxylic acids is 1. The molecule has 2 unspecified atom stereocenters. The zero-order valence-corrected chi connectivity index (χ0v) is 8.48. The Hall–Kier alpha value is -0.670. The van der Waals surface area contributed by atoms with E-state index < -0.39 is 0 Å². The van der Waals surface area contributed by atoms with Gasteiger partial charge in [0.05, 0.1) is 6.10 Å². The maximum absolute atomic E-state index is 10.4. The number of aldehydes is 1. The normalized spacial score (nSPS) is 24.1. The molecule has 0 radical (unpaired) electrons. The molecule has 1 heterocycles. The number of hydrogen-bond acceptors (Lipinski definition) is 3. The van der Waals surface area contributed by atoms with Crippen molar-refractivity contribution < 1.29 is 14.3 Å². The summed E-state index contributed by atoms with van der Waals surface area (Å²) in [7, 11) is 0. The lowest BCUT2D eigenvalue weighted by atomic mass is 10.1. The maximum Gasteiger partial charge on any atom is 0.157 e. The highest BCUT2D eigenvalue weighted by Crippen LogP contribution is 2.17. The van der Waals surface area contributed by atoms with Gasteiger partial charge in [-0.1, -0.05) is 6.08 Å². The van der Waals surface area contributed by atoms with Crippen LogP contribution in [0.3, 0.4) is 0 Å². The van der Waals surface area contributed by atoms with Crippen LogP contribution in [0.2, 0.25) is 0 Å². The Morgan fingerprint density at radius 1 is 1.50 bits per heavy atom. The lowest BCUT2D eigenvalue weighted by Gasteiger charge is -2.26. The van der Waals surface area contributed by atoms with Crippen molar-refractivity contribution in [3.63, 3.8) is 0 Å². The van der Waals surface area contributed by atoms with Crippen LogP contribution in [0.1, 0.15) is 32.1 Å². The molecule has 0 saturated carbocycles. The number of hydrogen-bond donors (Lipinski definition) is 0. The fourth-order valence-corrected chi connectivity index (χ4v) is 1.53. The first-order valence-corrected chi connectivity index (χ1v) is 5.18. The van der Waals surface area contributed by atoms with E-state index in [1.54, 1.807) is 6.08 Å². The van der Waals surface area contributed by atoms with Crippen LogP contribution in [0.15, 0.2) is 12.7 Å². The largest absolute Gasteiger partial charge is 0.353 e. The van der Waals surface area contributed by atoms with Crippen LogP contribution in [0.4, 0.5) is 0 Å². The molecule has 0 aliphatic carbocycles. The molecule has 0 aromatic rings. The molecule has 80 valence electrons. The van der Waals surface area contributed by atoms with E-state index in [0.717, 1.165) is 32.2 Å². The lowest BCUT2D eigenvalue weighted by molar-refractivity contribution is -0.187. The van der Waals surface area contributed by atoms with Gasteiger partial charge in [0.25, 0.3) is 0 Å². The Morgan fingerprint density at radius 2 is 2.36 bits per heavy atom. The first-order valence-electron chi connectivity index (χ1n) is 5.18. The second kappa shape index (κ2) is 6.74. The Labute approximate surface area is 85.1 Å². The van der Waals surface area contributed by atoms with Crippen LogP contribution < -0.4 is 0 Å². The van der Waals surface area contributed by atoms with Gasteiger partial charge in [0.1, 0.15) is 6.29 Å². The lowest BCUT2D eigenvalue weighted by Crippen LogP contribution is -2.27. The molecule has 1 rings (SSSR count). The molecule has 0 amide bonds. The summed E-state index contributed by atoms with van der Waals surface area (Å²) in [6.07, 6.45) is 6.80. The van der Waals surface area contributed by atoms with E-state index in [-0.39, 0.29) is 12.4 Å². The standard InChI is InChI=1S/C11H18O3/c1-2-5-10(7-8-12)14-11-6-3-4-9-13-11/h2,8,10-11H,1,3-7,9H2. The van der Waals surface area contributed by atoms with Crippen molar-refractivity contribution in [2.24, 2.45) is 0 Å². The van der Waals surface area contributed by atoms with Crippen LogP contribution in [0, 0.1) is 0 Å². The molecular weight excluding hydrogens is 180 g/mol. The average Bonchev–Trinajstić information content (AvgIpc) is 2.20. The van der Waals surface area contributed by atoms with E-state index in [9.17, 15) is 4.79 Å². The molecule has 0 aromatic heterocycles. The summed E-state index contributed by atoms with van der Waals surface area (Å²) in [6, 6.07) is 0. The Balaban J connectivity index is 2.28. The highest BCUT2D eigenvalue weighted by atomic mass is 16.7. The van der Waals surface area contributed by atoms with Crippen molar-refractivity contribution in [1.29, 1.82) is 0 Å². The predicted octanol–water partition coefficient (Wildman–Crippen LogP) is 2.06. The van der Waals surface area contributed by atoms with E-state index in [2.05, 4.69) is 6.58 Å². The van der Waals surface area contributed by atoms with Crippen molar-refractivity contribution in [3.05, 3.63) is 12.7 Å². The average molecular weight is 198 g/mol. The third kappa shape index (κ3) is 4.03. The van der Waals surface area contributed by atoms with Gasteiger partial charge in [-0.3, -0.25) is 0 Å². The summed E-state index contributed by atoms with van der Waals surface area (Å²) in [5.74, 6) is 0. The zero-order chi connectivity index (χ0) is 10.2. The summed E-state index contributed by atoms with van der Waals surface area (Å²) in [6.45, 7) is 4.41. The van der Waals surface area contributed by atoms with Gasteiger partial charge in [-0.15, -0.1) is 6.58 Å². The molecule has 0 aromatic carbocycles. The molecule has 1 saturated heterocycles. The van der Waals surface area contributed by atoms with Gasteiger partial charge in [-0.05, 0) is 25.7 Å². The molecule has 0 spiro atoms. The molecule has 1 fully saturated rings. The van der Waals surface area contributed by atoms with E-state index in [1.807, 2.05) is 0 Å². The van der Waals surface area contributed by atoms with Gasteiger partial charge >= 0.3 is 0 Å². The first kappa shape index (κ1) is 11.4. The first-order chi connectivity index (χ1) is 6.86. The smallest absolute Gasteiger partial charge is 0.157 e. The highest BCUT2D eigenvalue weighted by molar-refractivity contribution is 5.50. The second-order valence-electron chi connectivity index (χ2n) is 3.48. The van der Waals surface area contributed by atoms with Gasteiger partial charge in [-0.25, -0.2) is 0 Å². The zero-order valence-electron chi connectivity index (χ0n) is 8.48. The van der Waals surface area contributed by atoms with Gasteiger partial charge in [0.15, 0.2) is 6.29 Å². The topological polar surface area (TPSA) is 35.5 Å². The maximum atomic E-state index is 10.4. The summed E-state index contributed by atoms with van der Waals surface area (Å²) in [4.78, 5) is 10.4. The van der Waals surface area contributed by atoms with Crippen LogP contribution in [-0.4, -0.2) is 25.3 Å². The summed E-state index contributed by atoms with van der Waals surface area (Å²) >= 11 is 0. The SMILES string of the molecule is C=CCC(CC=O)OC1CCCCO1. The van der Waals surface area contributed by atoms with Crippen molar-refractivity contribution >= 4 is 6.29 Å². The predicted molar refractivity (Wildman–Crippen MR) is 54.0 cm³/mol. The van der Waals surface area contributed by atoms with E-state index in [4.69, 9.17) is 9.47 Å². The minimum Gasteiger partial charge on any atom is -0.353 e. The van der Waals surface area contributed by atoms with Crippen molar-refractivity contribution in [2.75, 3.05) is 6.61 Å². The fraction of sp³-hybridized carbons (Fsp3) is 0.727. The van der Waals surface area contributed by atoms with E-state index >= 15 is 0 Å². The van der Waals surface area contributed by atoms with Crippen LogP contribution >= 0.6 is 0 Å². The molecule has 14 heavy (non-hydrogen) atoms. The number of ether oxygens (including phenoxy) is 2. The minimum atomic E-state index is -0.117. The van der Waals surface area contributed by atoms with Crippen LogP contribution in [0.5, 0.6) is 0 Å². The Bertz CT molecular complexity index is 163. The fourth-order valence-electron chi connectivity index (χ4n) is 1.53. The van der Waals surface area contributed by atoms with Gasteiger partial charge in [0, 0.05) is 13.0 Å². The van der Waals surface area contributed by atoms with Crippen molar-refractivity contribution in [3.8, 4) is 0 Å². The molecule has 0 bridgehead atoms. The number of rotatable bonds is 6. The molecule has 0 N–H and O–H groups in total. The van der Waals surface area contributed by atoms with Crippen molar-refractivity contribution in [2.45, 2.75) is 44.5 Å². The quantitative estimate of drug-likeness (QED) is 0.484. The summed E-state index contributed by atoms with van der Waals surface area (Å²) in [5, 5.41) is 0. The second-order valence-corrected chi connectivity index (χ2v) is 3.48. The van der Waals surface area contributed by atoms with Crippen molar-refractivity contribution in [1.82, 2.24) is 0 Å². The van der Waals surface area contributed by atoms with Gasteiger partial charge in [-0.2, -0.15) is 0 Å². The summed E-state index contributed by atoms with van der Waals surface area (Å²) in [5.41, 5.74) is 0. The summed E-state index contributed by atoms with van der Waals surface area (Å²) < 4.78 is 11.1. The van der Waals surface area contributed by atoms with Crippen LogP contribution in [0.25, 0.3) is 0 Å². The van der Waals surface area contributed by atoms with Gasteiger partial charge < -0.3 is 14.3 Å². The van der Waals surface area contributed by atoms with E-state index in [0.29, 0.717) is 12.8 Å². The number of carbonyl (C=O) groups is 1.